The van der Waals surface area contributed by atoms with Gasteiger partial charge in [-0.2, -0.15) is 11.8 Å². The average molecular weight is 228 g/mol. The number of unbranched alkanes of at least 4 members (excludes halogenated alkanes) is 1. The minimum Gasteiger partial charge on any atom is -0.298 e. The van der Waals surface area contributed by atoms with Gasteiger partial charge in [0, 0.05) is 6.42 Å². The van der Waals surface area contributed by atoms with E-state index in [1.807, 2.05) is 11.8 Å². The van der Waals surface area contributed by atoms with Crippen molar-refractivity contribution < 1.29 is 4.79 Å². The van der Waals surface area contributed by atoms with Crippen LogP contribution >= 0.6 is 11.8 Å². The van der Waals surface area contributed by atoms with Crippen LogP contribution in [0.25, 0.3) is 0 Å². The SMILES string of the molecule is CCCCC(CC)CC(=O)C1CCCS1. The first-order chi connectivity index (χ1) is 7.27. The summed E-state index contributed by atoms with van der Waals surface area (Å²) in [5, 5.41) is 0.348. The zero-order valence-corrected chi connectivity index (χ0v) is 10.9. The fourth-order valence-corrected chi connectivity index (χ4v) is 3.42. The predicted octanol–water partition coefficient (Wildman–Crippen LogP) is 4.06. The molecule has 15 heavy (non-hydrogen) atoms. The third-order valence-corrected chi connectivity index (χ3v) is 4.75. The molecule has 0 N–H and O–H groups in total. The van der Waals surface area contributed by atoms with Crippen molar-refractivity contribution in [2.24, 2.45) is 5.92 Å². The van der Waals surface area contributed by atoms with Gasteiger partial charge in [0.1, 0.15) is 5.78 Å². The highest BCUT2D eigenvalue weighted by molar-refractivity contribution is 8.00. The average Bonchev–Trinajstić information content (AvgIpc) is 2.77. The predicted molar refractivity (Wildman–Crippen MR) is 68.4 cm³/mol. The standard InChI is InChI=1S/C13H24OS/c1-3-5-7-11(4-2)10-12(14)13-8-6-9-15-13/h11,13H,3-10H2,1-2H3. The molecule has 0 radical (unpaired) electrons. The minimum atomic E-state index is 0.348. The monoisotopic (exact) mass is 228 g/mol. The summed E-state index contributed by atoms with van der Waals surface area (Å²) < 4.78 is 0. The van der Waals surface area contributed by atoms with Gasteiger partial charge < -0.3 is 0 Å². The van der Waals surface area contributed by atoms with Crippen LogP contribution in [0.1, 0.15) is 58.8 Å². The molecule has 1 nitrogen and oxygen atoms in total. The van der Waals surface area contributed by atoms with Crippen molar-refractivity contribution in [3.05, 3.63) is 0 Å². The van der Waals surface area contributed by atoms with E-state index in [1.165, 1.54) is 37.9 Å². The maximum atomic E-state index is 12.0. The molecular weight excluding hydrogens is 204 g/mol. The molecule has 1 heterocycles. The molecule has 1 saturated heterocycles. The Bertz CT molecular complexity index is 185. The maximum Gasteiger partial charge on any atom is 0.146 e. The molecule has 1 rings (SSSR count). The van der Waals surface area contributed by atoms with E-state index in [2.05, 4.69) is 13.8 Å². The first kappa shape index (κ1) is 13.1. The van der Waals surface area contributed by atoms with Gasteiger partial charge in [0.15, 0.2) is 0 Å². The molecule has 2 heteroatoms. The van der Waals surface area contributed by atoms with Crippen molar-refractivity contribution in [2.75, 3.05) is 5.75 Å². The number of thioether (sulfide) groups is 1. The summed E-state index contributed by atoms with van der Waals surface area (Å²) in [6.45, 7) is 4.44. The number of rotatable bonds is 7. The first-order valence-electron chi connectivity index (χ1n) is 6.42. The molecule has 2 unspecified atom stereocenters. The summed E-state index contributed by atoms with van der Waals surface area (Å²) in [6.07, 6.45) is 8.17. The maximum absolute atomic E-state index is 12.0. The van der Waals surface area contributed by atoms with E-state index in [9.17, 15) is 4.79 Å². The van der Waals surface area contributed by atoms with Crippen LogP contribution in [-0.2, 0) is 4.79 Å². The van der Waals surface area contributed by atoms with Crippen LogP contribution in [0.3, 0.4) is 0 Å². The van der Waals surface area contributed by atoms with E-state index < -0.39 is 0 Å². The van der Waals surface area contributed by atoms with Gasteiger partial charge in [0.25, 0.3) is 0 Å². The van der Waals surface area contributed by atoms with Crippen LogP contribution in [0.2, 0.25) is 0 Å². The van der Waals surface area contributed by atoms with Gasteiger partial charge in [0.05, 0.1) is 5.25 Å². The molecule has 0 aromatic rings. The molecule has 0 aliphatic carbocycles. The number of carbonyl (C=O) groups is 1. The Kier molecular flexibility index (Phi) is 6.39. The first-order valence-corrected chi connectivity index (χ1v) is 7.47. The second kappa shape index (κ2) is 7.32. The van der Waals surface area contributed by atoms with E-state index >= 15 is 0 Å². The van der Waals surface area contributed by atoms with Crippen LogP contribution < -0.4 is 0 Å². The highest BCUT2D eigenvalue weighted by atomic mass is 32.2. The Labute approximate surface area is 98.4 Å². The number of hydrogen-bond acceptors (Lipinski definition) is 2. The van der Waals surface area contributed by atoms with E-state index in [4.69, 9.17) is 0 Å². The quantitative estimate of drug-likeness (QED) is 0.653. The molecule has 1 aliphatic heterocycles. The number of hydrogen-bond donors (Lipinski definition) is 0. The summed E-state index contributed by atoms with van der Waals surface area (Å²) >= 11 is 1.88. The van der Waals surface area contributed by atoms with E-state index in [0.717, 1.165) is 12.8 Å². The zero-order chi connectivity index (χ0) is 11.1. The molecule has 0 spiro atoms. The third kappa shape index (κ3) is 4.58. The number of Topliss-reactive ketones (excluding diaryl/α,β-unsaturated/α-hetero) is 1. The fraction of sp³-hybridized carbons (Fsp3) is 0.923. The fourth-order valence-electron chi connectivity index (χ4n) is 2.19. The Balaban J connectivity index is 2.26. The molecular formula is C13H24OS. The molecule has 0 saturated carbocycles. The van der Waals surface area contributed by atoms with Crippen molar-refractivity contribution in [1.82, 2.24) is 0 Å². The van der Waals surface area contributed by atoms with Crippen LogP contribution in [0.4, 0.5) is 0 Å². The highest BCUT2D eigenvalue weighted by Crippen LogP contribution is 2.29. The molecule has 0 aromatic heterocycles. The van der Waals surface area contributed by atoms with Crippen LogP contribution in [0.5, 0.6) is 0 Å². The third-order valence-electron chi connectivity index (χ3n) is 3.32. The number of carbonyl (C=O) groups excluding carboxylic acids is 1. The Morgan fingerprint density at radius 2 is 2.27 bits per heavy atom. The van der Waals surface area contributed by atoms with Crippen LogP contribution in [0.15, 0.2) is 0 Å². The van der Waals surface area contributed by atoms with Gasteiger partial charge in [-0.25, -0.2) is 0 Å². The largest absolute Gasteiger partial charge is 0.298 e. The van der Waals surface area contributed by atoms with Crippen molar-refractivity contribution in [3.8, 4) is 0 Å². The van der Waals surface area contributed by atoms with Gasteiger partial charge in [0.2, 0.25) is 0 Å². The summed E-state index contributed by atoms with van der Waals surface area (Å²) in [4.78, 5) is 12.0. The Morgan fingerprint density at radius 3 is 2.80 bits per heavy atom. The molecule has 88 valence electrons. The van der Waals surface area contributed by atoms with Crippen molar-refractivity contribution >= 4 is 17.5 Å². The van der Waals surface area contributed by atoms with Crippen molar-refractivity contribution in [3.63, 3.8) is 0 Å². The molecule has 2 atom stereocenters. The van der Waals surface area contributed by atoms with Gasteiger partial charge >= 0.3 is 0 Å². The highest BCUT2D eigenvalue weighted by Gasteiger charge is 2.24. The van der Waals surface area contributed by atoms with Gasteiger partial charge in [-0.3, -0.25) is 4.79 Å². The summed E-state index contributed by atoms with van der Waals surface area (Å²) in [6, 6.07) is 0. The van der Waals surface area contributed by atoms with Gasteiger partial charge in [-0.05, 0) is 24.5 Å². The topological polar surface area (TPSA) is 17.1 Å². The lowest BCUT2D eigenvalue weighted by Crippen LogP contribution is -2.17. The second-order valence-electron chi connectivity index (χ2n) is 4.59. The molecule has 0 bridgehead atoms. The lowest BCUT2D eigenvalue weighted by Gasteiger charge is -2.15. The van der Waals surface area contributed by atoms with E-state index in [0.29, 0.717) is 17.0 Å². The van der Waals surface area contributed by atoms with Crippen LogP contribution in [0, 0.1) is 5.92 Å². The lowest BCUT2D eigenvalue weighted by molar-refractivity contribution is -0.119. The Morgan fingerprint density at radius 1 is 1.47 bits per heavy atom. The molecule has 1 fully saturated rings. The minimum absolute atomic E-state index is 0.348. The summed E-state index contributed by atoms with van der Waals surface area (Å²) in [7, 11) is 0. The number of ketones is 1. The second-order valence-corrected chi connectivity index (χ2v) is 5.90. The summed E-state index contributed by atoms with van der Waals surface area (Å²) in [5.41, 5.74) is 0. The van der Waals surface area contributed by atoms with Gasteiger partial charge in [-0.15, -0.1) is 0 Å². The van der Waals surface area contributed by atoms with E-state index in [-0.39, 0.29) is 0 Å². The molecule has 0 amide bonds. The zero-order valence-electron chi connectivity index (χ0n) is 10.1. The lowest BCUT2D eigenvalue weighted by atomic mass is 9.92. The van der Waals surface area contributed by atoms with Crippen molar-refractivity contribution in [2.45, 2.75) is 64.0 Å². The summed E-state index contributed by atoms with van der Waals surface area (Å²) in [5.74, 6) is 2.38. The van der Waals surface area contributed by atoms with E-state index in [1.54, 1.807) is 0 Å². The van der Waals surface area contributed by atoms with Crippen molar-refractivity contribution in [1.29, 1.82) is 0 Å². The van der Waals surface area contributed by atoms with Crippen LogP contribution in [-0.4, -0.2) is 16.8 Å². The molecule has 0 aromatic carbocycles. The van der Waals surface area contributed by atoms with Gasteiger partial charge in [-0.1, -0.05) is 39.5 Å². The smallest absolute Gasteiger partial charge is 0.146 e. The normalized spacial score (nSPS) is 22.9. The Hall–Kier alpha value is 0.0200. The molecule has 1 aliphatic rings.